The molecule has 0 aliphatic heterocycles. The average Bonchev–Trinajstić information content (AvgIpc) is 2.90. The Hall–Kier alpha value is -3.07. The fraction of sp³-hybridized carbons (Fsp3) is 0.345. The van der Waals surface area contributed by atoms with Gasteiger partial charge >= 0.3 is 12.1 Å². The second-order valence-electron chi connectivity index (χ2n) is 8.76. The van der Waals surface area contributed by atoms with E-state index in [4.69, 9.17) is 21.1 Å². The number of benzene rings is 2. The summed E-state index contributed by atoms with van der Waals surface area (Å²) in [5.41, 5.74) is 1.29. The van der Waals surface area contributed by atoms with Gasteiger partial charge < -0.3 is 14.2 Å². The molecule has 0 spiro atoms. The van der Waals surface area contributed by atoms with Crippen molar-refractivity contribution in [1.29, 1.82) is 0 Å². The smallest absolute Gasteiger partial charge is 0.417 e. The number of hydrogen-bond acceptors (Lipinski definition) is 5. The molecule has 2 aromatic rings. The van der Waals surface area contributed by atoms with Crippen LogP contribution in [0, 0.1) is 0 Å². The van der Waals surface area contributed by atoms with Gasteiger partial charge in [0.15, 0.2) is 0 Å². The molecule has 2 aromatic carbocycles. The van der Waals surface area contributed by atoms with Gasteiger partial charge in [-0.15, -0.1) is 0 Å². The van der Waals surface area contributed by atoms with Crippen molar-refractivity contribution in [3.05, 3.63) is 106 Å². The summed E-state index contributed by atoms with van der Waals surface area (Å²) >= 11 is 6.19. The first-order valence-electron chi connectivity index (χ1n) is 12.1. The number of esters is 1. The van der Waals surface area contributed by atoms with E-state index >= 15 is 0 Å². The minimum absolute atomic E-state index is 0.215. The van der Waals surface area contributed by atoms with Crippen LogP contribution in [0.4, 0.5) is 13.2 Å². The first-order chi connectivity index (χ1) is 18.2. The largest absolute Gasteiger partial charge is 0.498 e. The Morgan fingerprint density at radius 3 is 2.58 bits per heavy atom. The lowest BCUT2D eigenvalue weighted by Gasteiger charge is -2.28. The maximum Gasteiger partial charge on any atom is 0.417 e. The molecule has 38 heavy (non-hydrogen) atoms. The van der Waals surface area contributed by atoms with Crippen molar-refractivity contribution in [2.75, 3.05) is 33.9 Å². The van der Waals surface area contributed by atoms with Crippen molar-refractivity contribution >= 4 is 17.6 Å². The van der Waals surface area contributed by atoms with Crippen molar-refractivity contribution < 1.29 is 32.2 Å². The molecule has 5 nitrogen and oxygen atoms in total. The third kappa shape index (κ3) is 8.75. The number of ether oxygens (including phenoxy) is 3. The third-order valence-corrected chi connectivity index (χ3v) is 6.49. The lowest BCUT2D eigenvalue weighted by molar-refractivity contribution is -0.137. The van der Waals surface area contributed by atoms with Gasteiger partial charge in [0.05, 0.1) is 30.4 Å². The fourth-order valence-corrected chi connectivity index (χ4v) is 4.41. The highest BCUT2D eigenvalue weighted by molar-refractivity contribution is 6.32. The Kier molecular flexibility index (Phi) is 11.0. The van der Waals surface area contributed by atoms with E-state index < -0.39 is 17.7 Å². The number of halogens is 4. The third-order valence-electron chi connectivity index (χ3n) is 6.04. The van der Waals surface area contributed by atoms with Gasteiger partial charge in [-0.3, -0.25) is 4.90 Å². The Balaban J connectivity index is 1.68. The molecule has 0 heterocycles. The normalized spacial score (nSPS) is 15.4. The fourth-order valence-electron chi connectivity index (χ4n) is 4.11. The molecule has 0 saturated heterocycles. The zero-order valence-corrected chi connectivity index (χ0v) is 22.1. The van der Waals surface area contributed by atoms with Gasteiger partial charge in [-0.1, -0.05) is 66.2 Å². The van der Waals surface area contributed by atoms with Gasteiger partial charge in [0.25, 0.3) is 0 Å². The van der Waals surface area contributed by atoms with Crippen LogP contribution in [0.2, 0.25) is 5.02 Å². The van der Waals surface area contributed by atoms with Gasteiger partial charge in [0, 0.05) is 39.2 Å². The molecule has 0 unspecified atom stereocenters. The summed E-state index contributed by atoms with van der Waals surface area (Å²) in [6.45, 7) is 1.59. The van der Waals surface area contributed by atoms with E-state index in [9.17, 15) is 18.0 Å². The zero-order valence-electron chi connectivity index (χ0n) is 21.3. The summed E-state index contributed by atoms with van der Waals surface area (Å²) in [4.78, 5) is 13.5. The second kappa shape index (κ2) is 14.2. The van der Waals surface area contributed by atoms with Gasteiger partial charge in [-0.25, -0.2) is 4.79 Å². The van der Waals surface area contributed by atoms with Crippen LogP contribution in [0.1, 0.15) is 35.6 Å². The Labute approximate surface area is 226 Å². The van der Waals surface area contributed by atoms with Gasteiger partial charge in [-0.2, -0.15) is 13.2 Å². The van der Waals surface area contributed by atoms with Crippen molar-refractivity contribution in [1.82, 2.24) is 4.90 Å². The van der Waals surface area contributed by atoms with Crippen LogP contribution in [0.25, 0.3) is 0 Å². The molecule has 1 atom stereocenters. The van der Waals surface area contributed by atoms with E-state index in [2.05, 4.69) is 4.74 Å². The summed E-state index contributed by atoms with van der Waals surface area (Å²) < 4.78 is 56.6. The van der Waals surface area contributed by atoms with Crippen LogP contribution >= 0.6 is 11.6 Å². The van der Waals surface area contributed by atoms with Crippen molar-refractivity contribution in [2.24, 2.45) is 0 Å². The van der Waals surface area contributed by atoms with Crippen LogP contribution in [0.15, 0.2) is 84.2 Å². The number of carbonyl (C=O) groups is 1. The lowest BCUT2D eigenvalue weighted by Crippen LogP contribution is -2.31. The van der Waals surface area contributed by atoms with E-state index in [1.54, 1.807) is 19.3 Å². The van der Waals surface area contributed by atoms with Crippen molar-refractivity contribution in [3.8, 4) is 0 Å². The molecule has 0 aromatic heterocycles. The molecule has 0 saturated carbocycles. The zero-order chi connectivity index (χ0) is 27.5. The van der Waals surface area contributed by atoms with Crippen LogP contribution < -0.4 is 0 Å². The number of rotatable bonds is 12. The Bertz CT molecular complexity index is 1160. The highest BCUT2D eigenvalue weighted by Gasteiger charge is 2.34. The molecule has 204 valence electrons. The number of nitrogens with zero attached hydrogens (tertiary/aromatic N) is 1. The molecule has 3 rings (SSSR count). The van der Waals surface area contributed by atoms with Crippen LogP contribution in [0.3, 0.4) is 0 Å². The quantitative estimate of drug-likeness (QED) is 0.164. The average molecular weight is 550 g/mol. The SMILES string of the molecule is COC(=O)/C=C1\C=CC=C(OCCCN(Cc2cccc(C(F)(F)F)c2Cl)C[C@H](OC)c2ccccc2)C1. The van der Waals surface area contributed by atoms with E-state index in [-0.39, 0.29) is 17.7 Å². The highest BCUT2D eigenvalue weighted by Crippen LogP contribution is 2.36. The number of hydrogen-bond donors (Lipinski definition) is 0. The topological polar surface area (TPSA) is 48.0 Å². The minimum atomic E-state index is -4.53. The molecular formula is C29H31ClF3NO4. The summed E-state index contributed by atoms with van der Waals surface area (Å²) in [6, 6.07) is 13.6. The molecule has 0 bridgehead atoms. The van der Waals surface area contributed by atoms with Gasteiger partial charge in [0.1, 0.15) is 5.76 Å². The maximum absolute atomic E-state index is 13.4. The van der Waals surface area contributed by atoms with E-state index in [0.29, 0.717) is 43.9 Å². The van der Waals surface area contributed by atoms with E-state index in [0.717, 1.165) is 17.2 Å². The predicted octanol–water partition coefficient (Wildman–Crippen LogP) is 6.90. The molecule has 0 radical (unpaired) electrons. The number of allylic oxidation sites excluding steroid dienone is 4. The number of methoxy groups -OCH3 is 2. The summed E-state index contributed by atoms with van der Waals surface area (Å²) in [5.74, 6) is 0.287. The van der Waals surface area contributed by atoms with E-state index in [1.807, 2.05) is 47.4 Å². The van der Waals surface area contributed by atoms with Crippen LogP contribution in [0.5, 0.6) is 0 Å². The van der Waals surface area contributed by atoms with Crippen molar-refractivity contribution in [3.63, 3.8) is 0 Å². The second-order valence-corrected chi connectivity index (χ2v) is 9.14. The van der Waals surface area contributed by atoms with Crippen LogP contribution in [-0.2, 0) is 31.7 Å². The predicted molar refractivity (Wildman–Crippen MR) is 140 cm³/mol. The highest BCUT2D eigenvalue weighted by atomic mass is 35.5. The summed E-state index contributed by atoms with van der Waals surface area (Å²) in [7, 11) is 2.93. The molecule has 0 amide bonds. The Morgan fingerprint density at radius 1 is 1.13 bits per heavy atom. The number of carbonyl (C=O) groups excluding carboxylic acids is 1. The van der Waals surface area contributed by atoms with E-state index in [1.165, 1.54) is 19.3 Å². The molecule has 1 aliphatic carbocycles. The first kappa shape index (κ1) is 29.5. The maximum atomic E-state index is 13.4. The molecule has 9 heteroatoms. The monoisotopic (exact) mass is 549 g/mol. The number of alkyl halides is 3. The summed E-state index contributed by atoms with van der Waals surface area (Å²) in [5, 5.41) is -0.293. The van der Waals surface area contributed by atoms with Crippen molar-refractivity contribution in [2.45, 2.75) is 31.7 Å². The summed E-state index contributed by atoms with van der Waals surface area (Å²) in [6.07, 6.45) is 3.14. The molecule has 0 N–H and O–H groups in total. The first-order valence-corrected chi connectivity index (χ1v) is 12.5. The Morgan fingerprint density at radius 2 is 1.89 bits per heavy atom. The standard InChI is InChI=1S/C29H31ClF3NO4/c1-36-26(22-10-4-3-5-11-22)20-34(19-23-12-7-14-25(28(23)30)29(31,32)33)15-8-16-38-24-13-6-9-21(17-24)18-27(35)37-2/h3-7,9-14,18,26H,8,15-17,19-20H2,1-2H3/b21-18+/t26-/m0/s1. The molecule has 0 fully saturated rings. The lowest BCUT2D eigenvalue weighted by atomic mass is 10.1. The van der Waals surface area contributed by atoms with Crippen LogP contribution in [-0.4, -0.2) is 44.8 Å². The molecule has 1 aliphatic rings. The van der Waals surface area contributed by atoms with Gasteiger partial charge in [-0.05, 0) is 35.3 Å². The van der Waals surface area contributed by atoms with Gasteiger partial charge in [0.2, 0.25) is 0 Å². The molecular weight excluding hydrogens is 519 g/mol. The minimum Gasteiger partial charge on any atom is -0.498 e.